The van der Waals surface area contributed by atoms with Crippen molar-refractivity contribution in [2.75, 3.05) is 52.9 Å². The molecule has 2 fully saturated rings. The molecule has 0 radical (unpaired) electrons. The summed E-state index contributed by atoms with van der Waals surface area (Å²) in [4.78, 5) is 28.8. The second-order valence-corrected chi connectivity index (χ2v) is 4.57. The predicted octanol–water partition coefficient (Wildman–Crippen LogP) is -0.824. The first-order chi connectivity index (χ1) is 8.18. The van der Waals surface area contributed by atoms with Gasteiger partial charge < -0.3 is 20.0 Å². The second kappa shape index (κ2) is 5.35. The average Bonchev–Trinajstić information content (AvgIpc) is 2.68. The van der Waals surface area contributed by atoms with E-state index in [1.54, 1.807) is 16.8 Å². The molecule has 0 aromatic heterocycles. The topological polar surface area (TPSA) is 55.9 Å². The van der Waals surface area contributed by atoms with Gasteiger partial charge in [-0.1, -0.05) is 0 Å². The van der Waals surface area contributed by atoms with Gasteiger partial charge in [-0.2, -0.15) is 0 Å². The molecule has 2 rings (SSSR count). The Morgan fingerprint density at radius 2 is 1.94 bits per heavy atom. The summed E-state index contributed by atoms with van der Waals surface area (Å²) in [7, 11) is 1.79. The summed E-state index contributed by atoms with van der Waals surface area (Å²) in [6.45, 7) is 5.37. The van der Waals surface area contributed by atoms with Gasteiger partial charge in [0.05, 0.1) is 0 Å². The molecule has 2 aliphatic rings. The van der Waals surface area contributed by atoms with Crippen LogP contribution in [-0.2, 0) is 4.79 Å². The number of hydrogen-bond acceptors (Lipinski definition) is 3. The molecule has 96 valence electrons. The molecule has 2 saturated heterocycles. The summed E-state index contributed by atoms with van der Waals surface area (Å²) in [5.74, 6) is 0.161. The predicted molar refractivity (Wildman–Crippen MR) is 63.7 cm³/mol. The number of likely N-dealkylation sites (N-methyl/N-ethyl adjacent to an activating group) is 1. The van der Waals surface area contributed by atoms with E-state index in [1.165, 1.54) is 0 Å². The summed E-state index contributed by atoms with van der Waals surface area (Å²) in [6, 6.07) is 0.0399. The Bertz CT molecular complexity index is 302. The maximum absolute atomic E-state index is 11.9. The van der Waals surface area contributed by atoms with Crippen molar-refractivity contribution in [3.63, 3.8) is 0 Å². The molecule has 0 spiro atoms. The minimum Gasteiger partial charge on any atom is -0.340 e. The minimum atomic E-state index is 0.0399. The molecule has 6 heteroatoms. The first-order valence-electron chi connectivity index (χ1n) is 6.17. The fourth-order valence-electron chi connectivity index (χ4n) is 2.21. The lowest BCUT2D eigenvalue weighted by atomic mass is 10.3. The average molecular weight is 240 g/mol. The van der Waals surface area contributed by atoms with Gasteiger partial charge in [0.25, 0.3) is 0 Å². The zero-order valence-electron chi connectivity index (χ0n) is 10.3. The number of amides is 3. The molecule has 6 nitrogen and oxygen atoms in total. The van der Waals surface area contributed by atoms with Crippen molar-refractivity contribution in [1.29, 1.82) is 0 Å². The first-order valence-corrected chi connectivity index (χ1v) is 6.17. The van der Waals surface area contributed by atoms with Crippen LogP contribution in [0.15, 0.2) is 0 Å². The van der Waals surface area contributed by atoms with Gasteiger partial charge in [0.2, 0.25) is 5.91 Å². The van der Waals surface area contributed by atoms with Crippen LogP contribution in [0.5, 0.6) is 0 Å². The highest BCUT2D eigenvalue weighted by Gasteiger charge is 2.26. The lowest BCUT2D eigenvalue weighted by Gasteiger charge is -2.28. The number of carbonyl (C=O) groups excluding carboxylic acids is 2. The van der Waals surface area contributed by atoms with E-state index in [9.17, 15) is 9.59 Å². The smallest absolute Gasteiger partial charge is 0.319 e. The van der Waals surface area contributed by atoms with Gasteiger partial charge in [-0.3, -0.25) is 4.79 Å². The summed E-state index contributed by atoms with van der Waals surface area (Å²) in [5.41, 5.74) is 0. The molecule has 0 aromatic carbocycles. The molecule has 0 atom stereocenters. The molecule has 1 N–H and O–H groups in total. The summed E-state index contributed by atoms with van der Waals surface area (Å²) in [6.07, 6.45) is 0.444. The van der Waals surface area contributed by atoms with Crippen molar-refractivity contribution in [1.82, 2.24) is 20.0 Å². The lowest BCUT2D eigenvalue weighted by molar-refractivity contribution is -0.131. The Labute approximate surface area is 102 Å². The molecule has 0 unspecified atom stereocenters. The van der Waals surface area contributed by atoms with Crippen LogP contribution in [0, 0.1) is 0 Å². The fourth-order valence-corrected chi connectivity index (χ4v) is 2.21. The Hall–Kier alpha value is -1.30. The zero-order valence-corrected chi connectivity index (χ0v) is 10.3. The van der Waals surface area contributed by atoms with Crippen molar-refractivity contribution < 1.29 is 9.59 Å². The Balaban J connectivity index is 1.74. The van der Waals surface area contributed by atoms with Crippen LogP contribution < -0.4 is 5.32 Å². The van der Waals surface area contributed by atoms with Gasteiger partial charge in [-0.15, -0.1) is 0 Å². The summed E-state index contributed by atoms with van der Waals surface area (Å²) < 4.78 is 0. The van der Waals surface area contributed by atoms with E-state index in [4.69, 9.17) is 0 Å². The molecule has 2 heterocycles. The van der Waals surface area contributed by atoms with Gasteiger partial charge in [-0.25, -0.2) is 4.79 Å². The Morgan fingerprint density at radius 3 is 2.53 bits per heavy atom. The number of nitrogens with zero attached hydrogens (tertiary/aromatic N) is 3. The standard InChI is InChI=1S/C11H20N4O2/c1-13-8-9-15(11(13)17)5-2-10(16)14-6-3-12-4-7-14/h12H,2-9H2,1H3. The SMILES string of the molecule is CN1CCN(CCC(=O)N2CCNCC2)C1=O. The van der Waals surface area contributed by atoms with E-state index in [0.717, 1.165) is 39.3 Å². The minimum absolute atomic E-state index is 0.0399. The lowest BCUT2D eigenvalue weighted by Crippen LogP contribution is -2.47. The van der Waals surface area contributed by atoms with E-state index >= 15 is 0 Å². The third-order valence-corrected chi connectivity index (χ3v) is 3.37. The van der Waals surface area contributed by atoms with Crippen LogP contribution in [0.3, 0.4) is 0 Å². The van der Waals surface area contributed by atoms with Crippen LogP contribution in [0.2, 0.25) is 0 Å². The highest BCUT2D eigenvalue weighted by atomic mass is 16.2. The molecule has 3 amide bonds. The molecule has 17 heavy (non-hydrogen) atoms. The van der Waals surface area contributed by atoms with E-state index in [-0.39, 0.29) is 11.9 Å². The van der Waals surface area contributed by atoms with Crippen molar-refractivity contribution in [3.05, 3.63) is 0 Å². The number of urea groups is 1. The number of nitrogens with one attached hydrogen (secondary N) is 1. The zero-order chi connectivity index (χ0) is 12.3. The number of piperazine rings is 1. The molecular weight excluding hydrogens is 220 g/mol. The number of hydrogen-bond donors (Lipinski definition) is 1. The van der Waals surface area contributed by atoms with Gasteiger partial charge in [0.1, 0.15) is 0 Å². The van der Waals surface area contributed by atoms with E-state index in [0.29, 0.717) is 13.0 Å². The van der Waals surface area contributed by atoms with E-state index in [1.807, 2.05) is 4.90 Å². The second-order valence-electron chi connectivity index (χ2n) is 4.57. The van der Waals surface area contributed by atoms with Crippen LogP contribution in [0.1, 0.15) is 6.42 Å². The van der Waals surface area contributed by atoms with Crippen LogP contribution >= 0.6 is 0 Å². The molecule has 0 aromatic rings. The van der Waals surface area contributed by atoms with Crippen molar-refractivity contribution in [3.8, 4) is 0 Å². The fraction of sp³-hybridized carbons (Fsp3) is 0.818. The molecule has 0 bridgehead atoms. The summed E-state index contributed by atoms with van der Waals surface area (Å²) >= 11 is 0. The maximum atomic E-state index is 11.9. The monoisotopic (exact) mass is 240 g/mol. The third kappa shape index (κ3) is 2.88. The summed E-state index contributed by atoms with van der Waals surface area (Å²) in [5, 5.41) is 3.21. The van der Waals surface area contributed by atoms with E-state index < -0.39 is 0 Å². The third-order valence-electron chi connectivity index (χ3n) is 3.37. The highest BCUT2D eigenvalue weighted by Crippen LogP contribution is 2.07. The Morgan fingerprint density at radius 1 is 1.24 bits per heavy atom. The van der Waals surface area contributed by atoms with Gasteiger partial charge in [0.15, 0.2) is 0 Å². The van der Waals surface area contributed by atoms with Gasteiger partial charge in [0, 0.05) is 59.3 Å². The first kappa shape index (κ1) is 12.2. The number of rotatable bonds is 3. The largest absolute Gasteiger partial charge is 0.340 e. The highest BCUT2D eigenvalue weighted by molar-refractivity contribution is 5.79. The van der Waals surface area contributed by atoms with E-state index in [2.05, 4.69) is 5.32 Å². The quantitative estimate of drug-likeness (QED) is 0.701. The van der Waals surface area contributed by atoms with Crippen LogP contribution in [0.25, 0.3) is 0 Å². The maximum Gasteiger partial charge on any atom is 0.319 e. The molecule has 0 aliphatic carbocycles. The van der Waals surface area contributed by atoms with Crippen molar-refractivity contribution in [2.45, 2.75) is 6.42 Å². The van der Waals surface area contributed by atoms with Gasteiger partial charge >= 0.3 is 6.03 Å². The van der Waals surface area contributed by atoms with Crippen molar-refractivity contribution >= 4 is 11.9 Å². The Kier molecular flexibility index (Phi) is 3.83. The van der Waals surface area contributed by atoms with Crippen molar-refractivity contribution in [2.24, 2.45) is 0 Å². The van der Waals surface area contributed by atoms with Crippen LogP contribution in [0.4, 0.5) is 4.79 Å². The molecular formula is C11H20N4O2. The normalized spacial score (nSPS) is 21.2. The van der Waals surface area contributed by atoms with Crippen LogP contribution in [-0.4, -0.2) is 79.5 Å². The molecule has 0 saturated carbocycles. The number of carbonyl (C=O) groups is 2. The molecule has 2 aliphatic heterocycles. The van der Waals surface area contributed by atoms with Gasteiger partial charge in [-0.05, 0) is 0 Å².